The Hall–Kier alpha value is 0.440. The molecule has 7 heavy (non-hydrogen) atoms. The lowest BCUT2D eigenvalue weighted by Gasteiger charge is -2.08. The summed E-state index contributed by atoms with van der Waals surface area (Å²) in [5.41, 5.74) is 0. The van der Waals surface area contributed by atoms with Gasteiger partial charge < -0.3 is 5.11 Å². The van der Waals surface area contributed by atoms with Crippen molar-refractivity contribution in [3.05, 3.63) is 0 Å². The second kappa shape index (κ2) is 3.44. The van der Waals surface area contributed by atoms with E-state index in [1.165, 1.54) is 0 Å². The molecule has 1 nitrogen and oxygen atoms in total. The van der Waals surface area contributed by atoms with Crippen LogP contribution in [0.5, 0.6) is 0 Å². The Labute approximate surface area is 52.9 Å². The molecule has 1 unspecified atom stereocenters. The minimum Gasteiger partial charge on any atom is -0.392 e. The van der Waals surface area contributed by atoms with Crippen molar-refractivity contribution in [1.82, 2.24) is 0 Å². The summed E-state index contributed by atoms with van der Waals surface area (Å²) in [6.45, 7) is 3.98. The van der Waals surface area contributed by atoms with Crippen molar-refractivity contribution in [2.75, 3.05) is 5.33 Å². The minimum atomic E-state index is -0.181. The van der Waals surface area contributed by atoms with Crippen LogP contribution in [0.25, 0.3) is 0 Å². The van der Waals surface area contributed by atoms with Crippen LogP contribution in [0.1, 0.15) is 13.8 Å². The van der Waals surface area contributed by atoms with Crippen LogP contribution in [0.2, 0.25) is 0 Å². The highest BCUT2D eigenvalue weighted by Crippen LogP contribution is 2.02. The molecule has 0 amide bonds. The summed E-state index contributed by atoms with van der Waals surface area (Å²) < 4.78 is 0. The van der Waals surface area contributed by atoms with Gasteiger partial charge in [0.15, 0.2) is 0 Å². The van der Waals surface area contributed by atoms with Crippen molar-refractivity contribution in [2.24, 2.45) is 5.92 Å². The average molecular weight is 167 g/mol. The normalized spacial score (nSPS) is 15.0. The molecule has 0 spiro atoms. The third-order valence-corrected chi connectivity index (χ3v) is 1.59. The Morgan fingerprint density at radius 1 is 1.57 bits per heavy atom. The van der Waals surface area contributed by atoms with Gasteiger partial charge in [-0.15, -0.1) is 0 Å². The lowest BCUT2D eigenvalue weighted by molar-refractivity contribution is 0.150. The molecule has 44 valence electrons. The number of aliphatic hydroxyl groups is 1. The Bertz CT molecular complexity index is 45.3. The van der Waals surface area contributed by atoms with Gasteiger partial charge >= 0.3 is 0 Å². The summed E-state index contributed by atoms with van der Waals surface area (Å²) in [7, 11) is 0. The van der Waals surface area contributed by atoms with Crippen molar-refractivity contribution in [3.8, 4) is 0 Å². The molecule has 0 saturated heterocycles. The Balaban J connectivity index is 3.14. The van der Waals surface area contributed by atoms with Gasteiger partial charge in [-0.1, -0.05) is 29.8 Å². The number of rotatable bonds is 2. The smallest absolute Gasteiger partial charge is 0.0659 e. The van der Waals surface area contributed by atoms with Gasteiger partial charge in [-0.3, -0.25) is 0 Å². The summed E-state index contributed by atoms with van der Waals surface area (Å²) in [4.78, 5) is 0. The number of hydrogen-bond donors (Lipinski definition) is 1. The van der Waals surface area contributed by atoms with Crippen LogP contribution < -0.4 is 0 Å². The minimum absolute atomic E-state index is 0.181. The van der Waals surface area contributed by atoms with Crippen molar-refractivity contribution in [3.63, 3.8) is 0 Å². The molecule has 0 heterocycles. The zero-order chi connectivity index (χ0) is 5.86. The molecule has 2 heteroatoms. The highest BCUT2D eigenvalue weighted by Gasteiger charge is 2.04. The van der Waals surface area contributed by atoms with E-state index < -0.39 is 0 Å². The first-order valence-electron chi connectivity index (χ1n) is 2.42. The molecular formula is C5H11BrO. The molecule has 0 bridgehead atoms. The third-order valence-electron chi connectivity index (χ3n) is 0.928. The van der Waals surface area contributed by atoms with Crippen LogP contribution >= 0.6 is 15.9 Å². The molecule has 1 atom stereocenters. The predicted molar refractivity (Wildman–Crippen MR) is 34.6 cm³/mol. The Kier molecular flexibility index (Phi) is 3.66. The first kappa shape index (κ1) is 7.44. The zero-order valence-corrected chi connectivity index (χ0v) is 6.27. The fourth-order valence-electron chi connectivity index (χ4n) is 0.178. The molecule has 0 aromatic rings. The van der Waals surface area contributed by atoms with Gasteiger partial charge in [0.1, 0.15) is 0 Å². The standard InChI is InChI=1S/C5H11BrO/c1-4(2)5(7)3-6/h4-5,7H,3H2,1-2H3. The fourth-order valence-corrected chi connectivity index (χ4v) is 0.926. The van der Waals surface area contributed by atoms with Crippen LogP contribution in [-0.2, 0) is 0 Å². The van der Waals surface area contributed by atoms with Crippen molar-refractivity contribution in [1.29, 1.82) is 0 Å². The molecule has 0 radical (unpaired) electrons. The Morgan fingerprint density at radius 2 is 2.00 bits per heavy atom. The van der Waals surface area contributed by atoms with Gasteiger partial charge in [-0.05, 0) is 5.92 Å². The van der Waals surface area contributed by atoms with Gasteiger partial charge in [-0.25, -0.2) is 0 Å². The summed E-state index contributed by atoms with van der Waals surface area (Å²) in [6.07, 6.45) is -0.181. The lowest BCUT2D eigenvalue weighted by atomic mass is 10.1. The second-order valence-corrected chi connectivity index (χ2v) is 2.61. The van der Waals surface area contributed by atoms with Gasteiger partial charge in [0.25, 0.3) is 0 Å². The van der Waals surface area contributed by atoms with Crippen LogP contribution in [0.4, 0.5) is 0 Å². The molecule has 0 saturated carbocycles. The monoisotopic (exact) mass is 166 g/mol. The van der Waals surface area contributed by atoms with Crippen LogP contribution in [0.15, 0.2) is 0 Å². The first-order valence-corrected chi connectivity index (χ1v) is 3.54. The molecule has 0 rings (SSSR count). The summed E-state index contributed by atoms with van der Waals surface area (Å²) in [5, 5.41) is 9.57. The predicted octanol–water partition coefficient (Wildman–Crippen LogP) is 1.40. The third kappa shape index (κ3) is 3.06. The summed E-state index contributed by atoms with van der Waals surface area (Å²) in [5.74, 6) is 0.374. The summed E-state index contributed by atoms with van der Waals surface area (Å²) >= 11 is 3.17. The van der Waals surface area contributed by atoms with Gasteiger partial charge in [0.05, 0.1) is 6.10 Å². The van der Waals surface area contributed by atoms with Gasteiger partial charge in [-0.2, -0.15) is 0 Å². The van der Waals surface area contributed by atoms with E-state index in [4.69, 9.17) is 5.11 Å². The quantitative estimate of drug-likeness (QED) is 0.616. The fraction of sp³-hybridized carbons (Fsp3) is 1.00. The molecule has 0 aromatic heterocycles. The first-order chi connectivity index (χ1) is 3.18. The van der Waals surface area contributed by atoms with E-state index in [0.29, 0.717) is 11.2 Å². The van der Waals surface area contributed by atoms with Gasteiger partial charge in [0, 0.05) is 5.33 Å². The van der Waals surface area contributed by atoms with Crippen molar-refractivity contribution < 1.29 is 5.11 Å². The Morgan fingerprint density at radius 3 is 2.00 bits per heavy atom. The zero-order valence-electron chi connectivity index (χ0n) is 4.69. The number of alkyl halides is 1. The molecule has 1 N–H and O–H groups in total. The molecule has 0 aliphatic carbocycles. The average Bonchev–Trinajstić information content (AvgIpc) is 1.65. The van der Waals surface area contributed by atoms with E-state index >= 15 is 0 Å². The van der Waals surface area contributed by atoms with Crippen molar-refractivity contribution >= 4 is 15.9 Å². The van der Waals surface area contributed by atoms with E-state index in [1.54, 1.807) is 0 Å². The maximum Gasteiger partial charge on any atom is 0.0659 e. The maximum absolute atomic E-state index is 8.89. The SMILES string of the molecule is CC(C)C(O)CBr. The molecule has 0 aromatic carbocycles. The second-order valence-electron chi connectivity index (χ2n) is 1.97. The van der Waals surface area contributed by atoms with Crippen molar-refractivity contribution in [2.45, 2.75) is 20.0 Å². The lowest BCUT2D eigenvalue weighted by Crippen LogP contribution is -2.15. The van der Waals surface area contributed by atoms with E-state index in [-0.39, 0.29) is 6.10 Å². The van der Waals surface area contributed by atoms with E-state index in [0.717, 1.165) is 0 Å². The highest BCUT2D eigenvalue weighted by atomic mass is 79.9. The van der Waals surface area contributed by atoms with Crippen LogP contribution in [0.3, 0.4) is 0 Å². The van der Waals surface area contributed by atoms with E-state index in [1.807, 2.05) is 13.8 Å². The number of halogens is 1. The topological polar surface area (TPSA) is 20.2 Å². The number of hydrogen-bond acceptors (Lipinski definition) is 1. The van der Waals surface area contributed by atoms with Crippen LogP contribution in [-0.4, -0.2) is 16.5 Å². The highest BCUT2D eigenvalue weighted by molar-refractivity contribution is 9.09. The maximum atomic E-state index is 8.89. The summed E-state index contributed by atoms with van der Waals surface area (Å²) in [6, 6.07) is 0. The molecule has 0 fully saturated rings. The molecule has 0 aliphatic rings. The largest absolute Gasteiger partial charge is 0.392 e. The van der Waals surface area contributed by atoms with Crippen LogP contribution in [0, 0.1) is 5.92 Å². The number of aliphatic hydroxyl groups excluding tert-OH is 1. The van der Waals surface area contributed by atoms with Gasteiger partial charge in [0.2, 0.25) is 0 Å². The van der Waals surface area contributed by atoms with E-state index in [2.05, 4.69) is 15.9 Å². The molecular weight excluding hydrogens is 156 g/mol. The van der Waals surface area contributed by atoms with E-state index in [9.17, 15) is 0 Å². The molecule has 0 aliphatic heterocycles.